The van der Waals surface area contributed by atoms with Gasteiger partial charge in [0.05, 0.1) is 0 Å². The van der Waals surface area contributed by atoms with E-state index in [1.165, 1.54) is 0 Å². The smallest absolute Gasteiger partial charge is 0.182 e. The third kappa shape index (κ3) is 0.981. The van der Waals surface area contributed by atoms with Gasteiger partial charge in [0.25, 0.3) is 0 Å². The zero-order valence-electron chi connectivity index (χ0n) is 6.79. The van der Waals surface area contributed by atoms with Crippen molar-refractivity contribution in [3.05, 3.63) is 48.1 Å². The highest BCUT2D eigenvalue weighted by Crippen LogP contribution is 2.31. The van der Waals surface area contributed by atoms with Crippen molar-refractivity contribution in [3.63, 3.8) is 0 Å². The molecule has 0 bridgehead atoms. The predicted octanol–water partition coefficient (Wildman–Crippen LogP) is 2.18. The molecule has 0 spiro atoms. The summed E-state index contributed by atoms with van der Waals surface area (Å²) in [7, 11) is 0. The summed E-state index contributed by atoms with van der Waals surface area (Å²) in [6.45, 7) is 3.92. The van der Waals surface area contributed by atoms with Crippen molar-refractivity contribution in [2.24, 2.45) is 5.92 Å². The Hall–Kier alpha value is -1.37. The van der Waals surface area contributed by atoms with Gasteiger partial charge in [-0.05, 0) is 18.1 Å². The second kappa shape index (κ2) is 2.59. The molecule has 0 amide bonds. The van der Waals surface area contributed by atoms with Crippen molar-refractivity contribution >= 4 is 5.78 Å². The molecule has 0 aliphatic heterocycles. The number of fused-ring (bicyclic) bond motifs is 1. The Labute approximate surface area is 71.8 Å². The van der Waals surface area contributed by atoms with Crippen LogP contribution in [0.3, 0.4) is 0 Å². The quantitative estimate of drug-likeness (QED) is 0.528. The third-order valence-electron chi connectivity index (χ3n) is 2.34. The van der Waals surface area contributed by atoms with Crippen LogP contribution in [0.4, 0.5) is 0 Å². The van der Waals surface area contributed by atoms with Crippen LogP contribution in [0.15, 0.2) is 48.1 Å². The van der Waals surface area contributed by atoms with E-state index in [1.54, 1.807) is 6.08 Å². The number of carbonyl (C=O) groups excluding carboxylic acids is 1. The molecule has 0 aromatic rings. The second-order valence-electron chi connectivity index (χ2n) is 3.11. The standard InChI is InChI=1S/C11H10O/c1-8-6-7-11(12)10-5-3-2-4-9(8)10/h2-3,5-7,9H,1,4H2. The third-order valence-corrected chi connectivity index (χ3v) is 2.34. The minimum Gasteiger partial charge on any atom is -0.290 e. The first-order chi connectivity index (χ1) is 5.79. The largest absolute Gasteiger partial charge is 0.290 e. The first-order valence-corrected chi connectivity index (χ1v) is 4.07. The molecular weight excluding hydrogens is 148 g/mol. The summed E-state index contributed by atoms with van der Waals surface area (Å²) < 4.78 is 0. The molecule has 0 aromatic heterocycles. The second-order valence-corrected chi connectivity index (χ2v) is 3.11. The summed E-state index contributed by atoms with van der Waals surface area (Å²) >= 11 is 0. The summed E-state index contributed by atoms with van der Waals surface area (Å²) in [6, 6.07) is 0. The van der Waals surface area contributed by atoms with Crippen LogP contribution in [0.25, 0.3) is 0 Å². The Morgan fingerprint density at radius 3 is 3.00 bits per heavy atom. The van der Waals surface area contributed by atoms with E-state index in [9.17, 15) is 4.79 Å². The molecule has 2 aliphatic carbocycles. The maximum Gasteiger partial charge on any atom is 0.182 e. The van der Waals surface area contributed by atoms with E-state index in [4.69, 9.17) is 0 Å². The van der Waals surface area contributed by atoms with Gasteiger partial charge in [-0.25, -0.2) is 0 Å². The molecule has 1 nitrogen and oxygen atoms in total. The van der Waals surface area contributed by atoms with Crippen LogP contribution in [-0.4, -0.2) is 5.78 Å². The molecule has 12 heavy (non-hydrogen) atoms. The van der Waals surface area contributed by atoms with Crippen molar-refractivity contribution in [2.45, 2.75) is 6.42 Å². The molecule has 0 saturated carbocycles. The lowest BCUT2D eigenvalue weighted by atomic mass is 9.80. The van der Waals surface area contributed by atoms with Gasteiger partial charge in [0.1, 0.15) is 0 Å². The molecule has 0 aromatic carbocycles. The van der Waals surface area contributed by atoms with Gasteiger partial charge in [-0.3, -0.25) is 4.79 Å². The summed E-state index contributed by atoms with van der Waals surface area (Å²) in [5.74, 6) is 0.379. The van der Waals surface area contributed by atoms with Gasteiger partial charge in [-0.2, -0.15) is 0 Å². The van der Waals surface area contributed by atoms with Crippen LogP contribution >= 0.6 is 0 Å². The van der Waals surface area contributed by atoms with E-state index >= 15 is 0 Å². The van der Waals surface area contributed by atoms with Crippen LogP contribution in [0.1, 0.15) is 6.42 Å². The predicted molar refractivity (Wildman–Crippen MR) is 48.6 cm³/mol. The molecule has 2 rings (SSSR count). The molecule has 0 saturated heterocycles. The summed E-state index contributed by atoms with van der Waals surface area (Å²) in [4.78, 5) is 11.3. The van der Waals surface area contributed by atoms with Crippen molar-refractivity contribution in [1.29, 1.82) is 0 Å². The van der Waals surface area contributed by atoms with Crippen LogP contribution in [0.2, 0.25) is 0 Å². The number of carbonyl (C=O) groups is 1. The fraction of sp³-hybridized carbons (Fsp3) is 0.182. The Balaban J connectivity index is 2.46. The first-order valence-electron chi connectivity index (χ1n) is 4.07. The molecule has 1 atom stereocenters. The number of hydrogen-bond acceptors (Lipinski definition) is 1. The molecule has 2 aliphatic rings. The van der Waals surface area contributed by atoms with Gasteiger partial charge in [0, 0.05) is 11.5 Å². The van der Waals surface area contributed by atoms with Crippen LogP contribution in [-0.2, 0) is 4.79 Å². The Morgan fingerprint density at radius 1 is 1.42 bits per heavy atom. The lowest BCUT2D eigenvalue weighted by molar-refractivity contribution is -0.111. The molecule has 0 fully saturated rings. The minimum atomic E-state index is 0.136. The maximum atomic E-state index is 11.3. The van der Waals surface area contributed by atoms with E-state index in [1.807, 2.05) is 18.2 Å². The molecule has 1 heteroatoms. The minimum absolute atomic E-state index is 0.136. The maximum absolute atomic E-state index is 11.3. The lowest BCUT2D eigenvalue weighted by Crippen LogP contribution is -2.17. The number of ketones is 1. The topological polar surface area (TPSA) is 17.1 Å². The normalized spacial score (nSPS) is 27.0. The van der Waals surface area contributed by atoms with Crippen molar-refractivity contribution in [1.82, 2.24) is 0 Å². The van der Waals surface area contributed by atoms with Gasteiger partial charge in [-0.15, -0.1) is 0 Å². The highest BCUT2D eigenvalue weighted by Gasteiger charge is 2.24. The van der Waals surface area contributed by atoms with Gasteiger partial charge in [0.2, 0.25) is 0 Å². The first kappa shape index (κ1) is 7.29. The Morgan fingerprint density at radius 2 is 2.25 bits per heavy atom. The SMILES string of the molecule is C=C1C=CC(=O)C2=CC=CCC12. The van der Waals surface area contributed by atoms with Crippen LogP contribution in [0.5, 0.6) is 0 Å². The van der Waals surface area contributed by atoms with E-state index in [0.717, 1.165) is 17.6 Å². The molecule has 0 N–H and O–H groups in total. The summed E-state index contributed by atoms with van der Waals surface area (Å²) in [5, 5.41) is 0. The van der Waals surface area contributed by atoms with E-state index < -0.39 is 0 Å². The fourth-order valence-electron chi connectivity index (χ4n) is 1.63. The van der Waals surface area contributed by atoms with Gasteiger partial charge in [-0.1, -0.05) is 30.9 Å². The van der Waals surface area contributed by atoms with Crippen molar-refractivity contribution in [2.75, 3.05) is 0 Å². The zero-order valence-corrected chi connectivity index (χ0v) is 6.79. The number of allylic oxidation sites excluding steroid dienone is 7. The molecule has 60 valence electrons. The summed E-state index contributed by atoms with van der Waals surface area (Å²) in [6.07, 6.45) is 10.3. The van der Waals surface area contributed by atoms with Gasteiger partial charge < -0.3 is 0 Å². The molecule has 0 heterocycles. The highest BCUT2D eigenvalue weighted by molar-refractivity contribution is 6.06. The van der Waals surface area contributed by atoms with Crippen LogP contribution < -0.4 is 0 Å². The zero-order chi connectivity index (χ0) is 8.55. The van der Waals surface area contributed by atoms with E-state index in [2.05, 4.69) is 12.7 Å². The molecular formula is C11H10O. The monoisotopic (exact) mass is 158 g/mol. The van der Waals surface area contributed by atoms with Crippen molar-refractivity contribution in [3.8, 4) is 0 Å². The van der Waals surface area contributed by atoms with Crippen LogP contribution in [0, 0.1) is 5.92 Å². The van der Waals surface area contributed by atoms with Gasteiger partial charge >= 0.3 is 0 Å². The lowest BCUT2D eigenvalue weighted by Gasteiger charge is -2.23. The average molecular weight is 158 g/mol. The van der Waals surface area contributed by atoms with E-state index in [-0.39, 0.29) is 11.7 Å². The average Bonchev–Trinajstić information content (AvgIpc) is 2.12. The fourth-order valence-corrected chi connectivity index (χ4v) is 1.63. The highest BCUT2D eigenvalue weighted by atomic mass is 16.1. The summed E-state index contributed by atoms with van der Waals surface area (Å²) in [5.41, 5.74) is 1.94. The van der Waals surface area contributed by atoms with Crippen molar-refractivity contribution < 1.29 is 4.79 Å². The number of hydrogen-bond donors (Lipinski definition) is 0. The molecule has 1 unspecified atom stereocenters. The Kier molecular flexibility index (Phi) is 1.58. The van der Waals surface area contributed by atoms with Gasteiger partial charge in [0.15, 0.2) is 5.78 Å². The van der Waals surface area contributed by atoms with E-state index in [0.29, 0.717) is 0 Å². The number of rotatable bonds is 0. The molecule has 0 radical (unpaired) electrons. The Bertz CT molecular complexity index is 329.